The summed E-state index contributed by atoms with van der Waals surface area (Å²) in [6, 6.07) is -0.501. The van der Waals surface area contributed by atoms with Crippen molar-refractivity contribution >= 4 is 12.2 Å². The molecule has 0 aromatic carbocycles. The van der Waals surface area contributed by atoms with E-state index >= 15 is 0 Å². The molecule has 22 heavy (non-hydrogen) atoms. The average Bonchev–Trinajstić information content (AvgIpc) is 2.86. The highest BCUT2D eigenvalue weighted by Gasteiger charge is 2.54. The van der Waals surface area contributed by atoms with Crippen LogP contribution in [0.5, 0.6) is 0 Å². The molecular weight excluding hydrogens is 290 g/mol. The molecule has 7 heteroatoms. The van der Waals surface area contributed by atoms with Crippen LogP contribution in [0, 0.1) is 0 Å². The number of hydrogen-bond donors (Lipinski definition) is 0. The first-order valence-corrected chi connectivity index (χ1v) is 7.21. The van der Waals surface area contributed by atoms with Crippen molar-refractivity contribution in [3.8, 4) is 0 Å². The molecule has 0 radical (unpaired) electrons. The molecule has 2 aliphatic heterocycles. The minimum Gasteiger partial charge on any atom is -0.444 e. The Morgan fingerprint density at radius 2 is 2.05 bits per heavy atom. The molecular formula is C15H23NO6. The van der Waals surface area contributed by atoms with Crippen molar-refractivity contribution in [2.45, 2.75) is 64.2 Å². The van der Waals surface area contributed by atoms with E-state index in [1.54, 1.807) is 34.6 Å². The number of rotatable bonds is 2. The van der Waals surface area contributed by atoms with Crippen LogP contribution < -0.4 is 0 Å². The van der Waals surface area contributed by atoms with E-state index in [0.29, 0.717) is 0 Å². The number of ether oxygens (including phenoxy) is 4. The third-order valence-electron chi connectivity index (χ3n) is 3.51. The van der Waals surface area contributed by atoms with E-state index in [2.05, 4.69) is 6.58 Å². The van der Waals surface area contributed by atoms with E-state index in [-0.39, 0.29) is 6.61 Å². The van der Waals surface area contributed by atoms with Crippen LogP contribution >= 0.6 is 0 Å². The summed E-state index contributed by atoms with van der Waals surface area (Å²) >= 11 is 0. The molecule has 2 heterocycles. The maximum absolute atomic E-state index is 12.5. The highest BCUT2D eigenvalue weighted by atomic mass is 16.8. The lowest BCUT2D eigenvalue weighted by Gasteiger charge is -2.36. The van der Waals surface area contributed by atoms with E-state index in [9.17, 15) is 9.59 Å². The third-order valence-corrected chi connectivity index (χ3v) is 3.51. The molecule has 0 bridgehead atoms. The topological polar surface area (TPSA) is 74.3 Å². The van der Waals surface area contributed by atoms with Crippen molar-refractivity contribution in [3.05, 3.63) is 12.7 Å². The Bertz CT molecular complexity index is 481. The Morgan fingerprint density at radius 3 is 2.59 bits per heavy atom. The molecule has 2 fully saturated rings. The van der Waals surface area contributed by atoms with Gasteiger partial charge in [0, 0.05) is 0 Å². The number of carbonyl (C=O) groups excluding carboxylic acids is 2. The maximum Gasteiger partial charge on any atom is 0.509 e. The molecule has 0 saturated carbocycles. The van der Waals surface area contributed by atoms with Gasteiger partial charge in [-0.25, -0.2) is 9.59 Å². The molecule has 0 aromatic rings. The summed E-state index contributed by atoms with van der Waals surface area (Å²) in [5, 5.41) is 0. The fraction of sp³-hybridized carbons (Fsp3) is 0.733. The van der Waals surface area contributed by atoms with Gasteiger partial charge in [0.05, 0.1) is 6.61 Å². The molecule has 2 aliphatic rings. The summed E-state index contributed by atoms with van der Waals surface area (Å²) in [5.41, 5.74) is -1.51. The Hall–Kier alpha value is -1.76. The van der Waals surface area contributed by atoms with Crippen LogP contribution in [0.3, 0.4) is 0 Å². The van der Waals surface area contributed by atoms with Crippen molar-refractivity contribution in [2.24, 2.45) is 0 Å². The maximum atomic E-state index is 12.5. The molecule has 2 unspecified atom stereocenters. The van der Waals surface area contributed by atoms with Crippen molar-refractivity contribution in [1.29, 1.82) is 0 Å². The van der Waals surface area contributed by atoms with E-state index in [4.69, 9.17) is 18.9 Å². The number of hydrogen-bond acceptors (Lipinski definition) is 6. The normalized spacial score (nSPS) is 30.7. The van der Waals surface area contributed by atoms with E-state index in [0.717, 1.165) is 0 Å². The molecule has 3 atom stereocenters. The predicted molar refractivity (Wildman–Crippen MR) is 77.2 cm³/mol. The lowest BCUT2D eigenvalue weighted by Crippen LogP contribution is -2.54. The van der Waals surface area contributed by atoms with Gasteiger partial charge in [-0.05, 0) is 40.7 Å². The van der Waals surface area contributed by atoms with E-state index in [1.165, 1.54) is 11.0 Å². The van der Waals surface area contributed by atoms with Gasteiger partial charge in [0.15, 0.2) is 12.2 Å². The van der Waals surface area contributed by atoms with Gasteiger partial charge >= 0.3 is 12.2 Å². The molecule has 0 spiro atoms. The van der Waals surface area contributed by atoms with Gasteiger partial charge < -0.3 is 18.9 Å². The SMILES string of the molecule is C=CC1OC(=O)OC1[C@@H]1COC(C)(C)N1C(=O)OC(C)(C)C. The quantitative estimate of drug-likeness (QED) is 0.576. The molecule has 0 aromatic heterocycles. The van der Waals surface area contributed by atoms with E-state index in [1.807, 2.05) is 0 Å². The minimum absolute atomic E-state index is 0.220. The summed E-state index contributed by atoms with van der Waals surface area (Å²) in [6.07, 6.45) is -1.11. The largest absolute Gasteiger partial charge is 0.509 e. The molecule has 0 aliphatic carbocycles. The molecule has 124 valence electrons. The highest BCUT2D eigenvalue weighted by molar-refractivity contribution is 5.70. The van der Waals surface area contributed by atoms with Gasteiger partial charge in [-0.3, -0.25) is 4.90 Å². The Balaban J connectivity index is 2.25. The van der Waals surface area contributed by atoms with Crippen LogP contribution in [-0.2, 0) is 18.9 Å². The van der Waals surface area contributed by atoms with Crippen molar-refractivity contribution < 1.29 is 28.5 Å². The van der Waals surface area contributed by atoms with Gasteiger partial charge in [0.1, 0.15) is 17.4 Å². The zero-order valence-corrected chi connectivity index (χ0v) is 13.6. The Labute approximate surface area is 130 Å². The zero-order valence-electron chi connectivity index (χ0n) is 13.6. The van der Waals surface area contributed by atoms with Crippen LogP contribution in [0.25, 0.3) is 0 Å². The van der Waals surface area contributed by atoms with E-state index < -0.39 is 41.8 Å². The fourth-order valence-electron chi connectivity index (χ4n) is 2.60. The first-order valence-electron chi connectivity index (χ1n) is 7.21. The number of cyclic esters (lactones) is 2. The van der Waals surface area contributed by atoms with Gasteiger partial charge in [-0.2, -0.15) is 0 Å². The fourth-order valence-corrected chi connectivity index (χ4v) is 2.60. The van der Waals surface area contributed by atoms with Gasteiger partial charge in [-0.1, -0.05) is 6.58 Å². The molecule has 2 saturated heterocycles. The second-order valence-electron chi connectivity index (χ2n) is 6.83. The Morgan fingerprint density at radius 1 is 1.41 bits per heavy atom. The second kappa shape index (κ2) is 5.46. The lowest BCUT2D eigenvalue weighted by atomic mass is 10.0. The van der Waals surface area contributed by atoms with Gasteiger partial charge in [0.2, 0.25) is 0 Å². The number of nitrogens with zero attached hydrogens (tertiary/aromatic N) is 1. The first-order chi connectivity index (χ1) is 10.0. The molecule has 7 nitrogen and oxygen atoms in total. The van der Waals surface area contributed by atoms with Gasteiger partial charge in [-0.15, -0.1) is 0 Å². The average molecular weight is 313 g/mol. The summed E-state index contributed by atoms with van der Waals surface area (Å²) in [7, 11) is 0. The standard InChI is InChI=1S/C15H23NO6/c1-7-10-11(21-13(18)20-10)9-8-19-15(5,6)16(9)12(17)22-14(2,3)4/h7,9-11H,1,8H2,2-6H3/t9-,10?,11?/m0/s1. The van der Waals surface area contributed by atoms with Crippen molar-refractivity contribution in [3.63, 3.8) is 0 Å². The monoisotopic (exact) mass is 313 g/mol. The number of amides is 1. The number of carbonyl (C=O) groups is 2. The molecule has 0 N–H and O–H groups in total. The summed E-state index contributed by atoms with van der Waals surface area (Å²) in [5.74, 6) is 0. The van der Waals surface area contributed by atoms with Crippen LogP contribution in [0.15, 0.2) is 12.7 Å². The summed E-state index contributed by atoms with van der Waals surface area (Å²) in [4.78, 5) is 25.4. The summed E-state index contributed by atoms with van der Waals surface area (Å²) < 4.78 is 21.3. The first kappa shape index (κ1) is 16.6. The van der Waals surface area contributed by atoms with Crippen molar-refractivity contribution in [1.82, 2.24) is 4.90 Å². The summed E-state index contributed by atoms with van der Waals surface area (Å²) in [6.45, 7) is 12.7. The molecule has 1 amide bonds. The minimum atomic E-state index is -0.867. The Kier molecular flexibility index (Phi) is 4.12. The molecule has 2 rings (SSSR count). The predicted octanol–water partition coefficient (Wildman–Crippen LogP) is 2.45. The van der Waals surface area contributed by atoms with Gasteiger partial charge in [0.25, 0.3) is 0 Å². The van der Waals surface area contributed by atoms with Crippen LogP contribution in [0.1, 0.15) is 34.6 Å². The van der Waals surface area contributed by atoms with Crippen LogP contribution in [0.4, 0.5) is 9.59 Å². The zero-order chi connectivity index (χ0) is 16.7. The smallest absolute Gasteiger partial charge is 0.444 e. The second-order valence-corrected chi connectivity index (χ2v) is 6.83. The van der Waals surface area contributed by atoms with Crippen molar-refractivity contribution in [2.75, 3.05) is 6.61 Å². The highest BCUT2D eigenvalue weighted by Crippen LogP contribution is 2.35. The van der Waals surface area contributed by atoms with Crippen LogP contribution in [0.2, 0.25) is 0 Å². The lowest BCUT2D eigenvalue weighted by molar-refractivity contribution is -0.0673. The van der Waals surface area contributed by atoms with Crippen LogP contribution in [-0.4, -0.2) is 53.3 Å². The third kappa shape index (κ3) is 3.19.